The van der Waals surface area contributed by atoms with Crippen molar-refractivity contribution in [2.45, 2.75) is 45.6 Å². The Hall–Kier alpha value is -0.960. The van der Waals surface area contributed by atoms with Crippen molar-refractivity contribution >= 4 is 0 Å². The van der Waals surface area contributed by atoms with Crippen molar-refractivity contribution in [2.75, 3.05) is 6.54 Å². The van der Waals surface area contributed by atoms with E-state index in [1.54, 1.807) is 12.1 Å². The molecule has 0 heterocycles. The Kier molecular flexibility index (Phi) is 5.32. The van der Waals surface area contributed by atoms with Crippen molar-refractivity contribution in [1.29, 1.82) is 0 Å². The van der Waals surface area contributed by atoms with E-state index in [0.717, 1.165) is 23.9 Å². The van der Waals surface area contributed by atoms with Crippen LogP contribution in [0.1, 0.15) is 50.2 Å². The molecule has 1 nitrogen and oxygen atoms in total. The van der Waals surface area contributed by atoms with E-state index >= 15 is 0 Å². The number of benzene rings is 1. The van der Waals surface area contributed by atoms with Crippen LogP contribution in [0.3, 0.4) is 0 Å². The Morgan fingerprint density at radius 2 is 2.05 bits per heavy atom. The Bertz CT molecular complexity index is 392. The third-order valence-electron chi connectivity index (χ3n) is 4.23. The molecular formula is C16H23F2N. The molecule has 1 aromatic rings. The van der Waals surface area contributed by atoms with E-state index in [-0.39, 0.29) is 5.56 Å². The molecule has 0 aliphatic heterocycles. The van der Waals surface area contributed by atoms with Gasteiger partial charge in [0, 0.05) is 12.1 Å². The van der Waals surface area contributed by atoms with Crippen LogP contribution in [0, 0.1) is 11.8 Å². The average Bonchev–Trinajstić information content (AvgIpc) is 2.41. The largest absolute Gasteiger partial charge is 0.312 e. The predicted octanol–water partition coefficient (Wildman–Crippen LogP) is 4.54. The van der Waals surface area contributed by atoms with Gasteiger partial charge in [0.2, 0.25) is 0 Å². The van der Waals surface area contributed by atoms with Gasteiger partial charge < -0.3 is 5.32 Å². The van der Waals surface area contributed by atoms with E-state index in [1.165, 1.54) is 31.7 Å². The first-order valence-electron chi connectivity index (χ1n) is 7.24. The highest BCUT2D eigenvalue weighted by molar-refractivity contribution is 5.24. The number of hydrogen-bond acceptors (Lipinski definition) is 1. The number of nitrogens with one attached hydrogen (secondary N) is 1. The maximum atomic E-state index is 12.6. The van der Waals surface area contributed by atoms with Crippen molar-refractivity contribution in [2.24, 2.45) is 11.8 Å². The molecule has 1 aliphatic carbocycles. The van der Waals surface area contributed by atoms with Crippen LogP contribution in [0.5, 0.6) is 0 Å². The van der Waals surface area contributed by atoms with Gasteiger partial charge in [-0.25, -0.2) is 8.78 Å². The van der Waals surface area contributed by atoms with E-state index in [4.69, 9.17) is 0 Å². The summed E-state index contributed by atoms with van der Waals surface area (Å²) in [6.07, 6.45) is 2.93. The molecule has 1 fully saturated rings. The highest BCUT2D eigenvalue weighted by Crippen LogP contribution is 2.29. The van der Waals surface area contributed by atoms with Crippen LogP contribution in [-0.2, 0) is 6.54 Å². The lowest BCUT2D eigenvalue weighted by molar-refractivity contribution is 0.151. The minimum atomic E-state index is -2.38. The van der Waals surface area contributed by atoms with Crippen LogP contribution in [-0.4, -0.2) is 6.54 Å². The van der Waals surface area contributed by atoms with E-state index < -0.39 is 6.43 Å². The first kappa shape index (κ1) is 14.4. The van der Waals surface area contributed by atoms with Crippen molar-refractivity contribution in [3.63, 3.8) is 0 Å². The molecule has 0 amide bonds. The summed E-state index contributed by atoms with van der Waals surface area (Å²) in [7, 11) is 0. The van der Waals surface area contributed by atoms with Gasteiger partial charge in [0.05, 0.1) is 0 Å². The summed E-state index contributed by atoms with van der Waals surface area (Å²) in [4.78, 5) is 0. The number of rotatable bonds is 5. The zero-order valence-corrected chi connectivity index (χ0v) is 11.5. The van der Waals surface area contributed by atoms with Crippen molar-refractivity contribution in [3.05, 3.63) is 35.4 Å². The highest BCUT2D eigenvalue weighted by atomic mass is 19.3. The Morgan fingerprint density at radius 1 is 1.26 bits per heavy atom. The van der Waals surface area contributed by atoms with Gasteiger partial charge in [0.15, 0.2) is 0 Å². The summed E-state index contributed by atoms with van der Waals surface area (Å²) in [5.41, 5.74) is 1.06. The van der Waals surface area contributed by atoms with Crippen LogP contribution in [0.4, 0.5) is 8.78 Å². The second-order valence-electron chi connectivity index (χ2n) is 5.70. The molecule has 0 radical (unpaired) electrons. The van der Waals surface area contributed by atoms with Gasteiger partial charge in [-0.05, 0) is 36.4 Å². The van der Waals surface area contributed by atoms with Crippen LogP contribution < -0.4 is 5.32 Å². The lowest BCUT2D eigenvalue weighted by Crippen LogP contribution is -2.29. The Labute approximate surface area is 114 Å². The third kappa shape index (κ3) is 4.27. The van der Waals surface area contributed by atoms with Crippen molar-refractivity contribution in [1.82, 2.24) is 5.32 Å². The molecule has 0 bridgehead atoms. The number of alkyl halides is 2. The van der Waals surface area contributed by atoms with E-state index in [1.807, 2.05) is 6.07 Å². The van der Waals surface area contributed by atoms with E-state index in [9.17, 15) is 8.78 Å². The molecule has 0 aromatic heterocycles. The molecule has 1 saturated carbocycles. The lowest BCUT2D eigenvalue weighted by atomic mass is 9.80. The van der Waals surface area contributed by atoms with Gasteiger partial charge in [0.25, 0.3) is 6.43 Å². The molecular weight excluding hydrogens is 244 g/mol. The van der Waals surface area contributed by atoms with Gasteiger partial charge in [0.1, 0.15) is 0 Å². The molecule has 2 atom stereocenters. The molecule has 1 N–H and O–H groups in total. The molecule has 3 heteroatoms. The summed E-state index contributed by atoms with van der Waals surface area (Å²) in [6, 6.07) is 6.70. The third-order valence-corrected chi connectivity index (χ3v) is 4.23. The molecule has 1 aliphatic rings. The van der Waals surface area contributed by atoms with Crippen molar-refractivity contribution < 1.29 is 8.78 Å². The fourth-order valence-electron chi connectivity index (χ4n) is 2.94. The smallest absolute Gasteiger partial charge is 0.263 e. The predicted molar refractivity (Wildman–Crippen MR) is 74.2 cm³/mol. The molecule has 106 valence electrons. The van der Waals surface area contributed by atoms with Crippen LogP contribution in [0.2, 0.25) is 0 Å². The minimum Gasteiger partial charge on any atom is -0.312 e. The zero-order valence-electron chi connectivity index (χ0n) is 11.5. The molecule has 0 saturated heterocycles. The van der Waals surface area contributed by atoms with Crippen LogP contribution in [0.25, 0.3) is 0 Å². The summed E-state index contributed by atoms with van der Waals surface area (Å²) in [5, 5.41) is 3.42. The van der Waals surface area contributed by atoms with Crippen LogP contribution in [0.15, 0.2) is 24.3 Å². The normalized spacial score (nSPS) is 23.8. The maximum absolute atomic E-state index is 12.6. The van der Waals surface area contributed by atoms with Gasteiger partial charge in [-0.1, -0.05) is 44.4 Å². The Balaban J connectivity index is 1.80. The quantitative estimate of drug-likeness (QED) is 0.826. The highest BCUT2D eigenvalue weighted by Gasteiger charge is 2.20. The first-order valence-corrected chi connectivity index (χ1v) is 7.24. The minimum absolute atomic E-state index is 0.116. The Morgan fingerprint density at radius 3 is 2.79 bits per heavy atom. The van der Waals surface area contributed by atoms with Crippen LogP contribution >= 0.6 is 0 Å². The monoisotopic (exact) mass is 267 g/mol. The summed E-state index contributed by atoms with van der Waals surface area (Å²) in [5.74, 6) is 1.53. The SMILES string of the molecule is CC1CCCCC1CNCc1cccc(C(F)F)c1. The summed E-state index contributed by atoms with van der Waals surface area (Å²) < 4.78 is 25.2. The topological polar surface area (TPSA) is 12.0 Å². The van der Waals surface area contributed by atoms with Gasteiger partial charge in [-0.2, -0.15) is 0 Å². The number of hydrogen-bond donors (Lipinski definition) is 1. The van der Waals surface area contributed by atoms with Gasteiger partial charge in [-0.3, -0.25) is 0 Å². The zero-order chi connectivity index (χ0) is 13.7. The summed E-state index contributed by atoms with van der Waals surface area (Å²) in [6.45, 7) is 4.01. The summed E-state index contributed by atoms with van der Waals surface area (Å²) >= 11 is 0. The first-order chi connectivity index (χ1) is 9.16. The number of halogens is 2. The lowest BCUT2D eigenvalue weighted by Gasteiger charge is -2.28. The maximum Gasteiger partial charge on any atom is 0.263 e. The van der Waals surface area contributed by atoms with E-state index in [2.05, 4.69) is 12.2 Å². The van der Waals surface area contributed by atoms with Crippen molar-refractivity contribution in [3.8, 4) is 0 Å². The molecule has 1 aromatic carbocycles. The molecule has 19 heavy (non-hydrogen) atoms. The average molecular weight is 267 g/mol. The molecule has 0 spiro atoms. The van der Waals surface area contributed by atoms with E-state index in [0.29, 0.717) is 6.54 Å². The second kappa shape index (κ2) is 6.99. The fraction of sp³-hybridized carbons (Fsp3) is 0.625. The van der Waals surface area contributed by atoms with Gasteiger partial charge >= 0.3 is 0 Å². The molecule has 2 rings (SSSR count). The second-order valence-corrected chi connectivity index (χ2v) is 5.70. The standard InChI is InChI=1S/C16H23F2N/c1-12-5-2-3-7-15(12)11-19-10-13-6-4-8-14(9-13)16(17)18/h4,6,8-9,12,15-16,19H,2-3,5,7,10-11H2,1H3. The van der Waals surface area contributed by atoms with Gasteiger partial charge in [-0.15, -0.1) is 0 Å². The molecule has 2 unspecified atom stereocenters. The fourth-order valence-corrected chi connectivity index (χ4v) is 2.94.